The number of anilines is 3. The quantitative estimate of drug-likeness (QED) is 0.551. The highest BCUT2D eigenvalue weighted by atomic mass is 16.5. The predicted octanol–water partition coefficient (Wildman–Crippen LogP) is 4.64. The number of rotatable bonds is 4. The molecule has 0 aliphatic heterocycles. The maximum atomic E-state index is 11.7. The topological polar surface area (TPSA) is 80.2 Å². The van der Waals surface area contributed by atoms with E-state index in [0.717, 1.165) is 27.8 Å². The Labute approximate surface area is 168 Å². The summed E-state index contributed by atoms with van der Waals surface area (Å²) in [6, 6.07) is 19.1. The van der Waals surface area contributed by atoms with Crippen LogP contribution in [-0.2, 0) is 4.74 Å². The number of aromatic nitrogens is 3. The Balaban J connectivity index is 1.69. The molecule has 4 rings (SSSR count). The van der Waals surface area contributed by atoms with Crippen molar-refractivity contribution in [2.75, 3.05) is 24.4 Å². The molecule has 2 aromatic carbocycles. The zero-order valence-electron chi connectivity index (χ0n) is 16.0. The van der Waals surface area contributed by atoms with Gasteiger partial charge in [0.25, 0.3) is 0 Å². The maximum Gasteiger partial charge on any atom is 0.413 e. The number of methoxy groups -OCH3 is 1. The minimum absolute atomic E-state index is 0.423. The van der Waals surface area contributed by atoms with Gasteiger partial charge in [0.1, 0.15) is 5.82 Å². The molecule has 29 heavy (non-hydrogen) atoms. The SMILES string of the molecule is COC(=O)N(C)c1ccc(Nc2nc(-c3cccnc3)nc3ccccc23)cc1. The Morgan fingerprint density at radius 2 is 1.79 bits per heavy atom. The standard InChI is InChI=1S/C22H19N5O2/c1-27(22(28)29-2)17-11-9-16(10-12-17)24-21-18-7-3-4-8-19(18)25-20(26-21)15-6-5-13-23-14-15/h3-14H,1-2H3,(H,24,25,26). The third kappa shape index (κ3) is 3.84. The van der Waals surface area contributed by atoms with E-state index >= 15 is 0 Å². The van der Waals surface area contributed by atoms with Crippen molar-refractivity contribution < 1.29 is 9.53 Å². The van der Waals surface area contributed by atoms with Crippen LogP contribution in [0.2, 0.25) is 0 Å². The van der Waals surface area contributed by atoms with Gasteiger partial charge in [-0.2, -0.15) is 0 Å². The number of pyridine rings is 1. The van der Waals surface area contributed by atoms with E-state index in [-0.39, 0.29) is 0 Å². The van der Waals surface area contributed by atoms with Gasteiger partial charge in [-0.3, -0.25) is 9.88 Å². The van der Waals surface area contributed by atoms with Gasteiger partial charge in [-0.25, -0.2) is 14.8 Å². The average molecular weight is 385 g/mol. The second-order valence-corrected chi connectivity index (χ2v) is 6.36. The maximum absolute atomic E-state index is 11.7. The van der Waals surface area contributed by atoms with Crippen LogP contribution in [0.15, 0.2) is 73.1 Å². The molecule has 1 N–H and O–H groups in total. The Morgan fingerprint density at radius 1 is 1.00 bits per heavy atom. The number of ether oxygens (including phenoxy) is 1. The summed E-state index contributed by atoms with van der Waals surface area (Å²) in [7, 11) is 3.02. The van der Waals surface area contributed by atoms with E-state index in [0.29, 0.717) is 11.6 Å². The first-order valence-corrected chi connectivity index (χ1v) is 9.01. The van der Waals surface area contributed by atoms with Gasteiger partial charge in [-0.05, 0) is 48.5 Å². The highest BCUT2D eigenvalue weighted by Gasteiger charge is 2.12. The van der Waals surface area contributed by atoms with Crippen molar-refractivity contribution in [1.29, 1.82) is 0 Å². The largest absolute Gasteiger partial charge is 0.452 e. The van der Waals surface area contributed by atoms with E-state index in [1.165, 1.54) is 12.0 Å². The van der Waals surface area contributed by atoms with Crippen LogP contribution in [0.1, 0.15) is 0 Å². The van der Waals surface area contributed by atoms with Crippen LogP contribution in [0.5, 0.6) is 0 Å². The monoisotopic (exact) mass is 385 g/mol. The van der Waals surface area contributed by atoms with Gasteiger partial charge in [0.15, 0.2) is 5.82 Å². The number of nitrogens with zero attached hydrogens (tertiary/aromatic N) is 4. The van der Waals surface area contributed by atoms with Crippen molar-refractivity contribution in [3.05, 3.63) is 73.1 Å². The van der Waals surface area contributed by atoms with Crippen LogP contribution in [0.3, 0.4) is 0 Å². The first-order chi connectivity index (χ1) is 14.2. The molecule has 0 aliphatic rings. The van der Waals surface area contributed by atoms with Crippen molar-refractivity contribution in [3.8, 4) is 11.4 Å². The van der Waals surface area contributed by atoms with Crippen LogP contribution >= 0.6 is 0 Å². The van der Waals surface area contributed by atoms with E-state index in [1.807, 2.05) is 60.7 Å². The summed E-state index contributed by atoms with van der Waals surface area (Å²) in [6.07, 6.45) is 3.04. The minimum Gasteiger partial charge on any atom is -0.452 e. The second kappa shape index (κ2) is 7.93. The van der Waals surface area contributed by atoms with E-state index in [9.17, 15) is 4.79 Å². The van der Waals surface area contributed by atoms with Gasteiger partial charge < -0.3 is 10.1 Å². The predicted molar refractivity (Wildman–Crippen MR) is 113 cm³/mol. The molecular weight excluding hydrogens is 366 g/mol. The molecule has 144 valence electrons. The Hall–Kier alpha value is -4.00. The number of amides is 1. The van der Waals surface area contributed by atoms with Gasteiger partial charge >= 0.3 is 6.09 Å². The van der Waals surface area contributed by atoms with Crippen molar-refractivity contribution in [2.45, 2.75) is 0 Å². The summed E-state index contributed by atoms with van der Waals surface area (Å²) in [5.41, 5.74) is 3.25. The molecule has 7 nitrogen and oxygen atoms in total. The Morgan fingerprint density at radius 3 is 2.52 bits per heavy atom. The third-order valence-corrected chi connectivity index (χ3v) is 4.49. The van der Waals surface area contributed by atoms with Crippen molar-refractivity contribution in [2.24, 2.45) is 0 Å². The molecule has 0 unspecified atom stereocenters. The lowest BCUT2D eigenvalue weighted by molar-refractivity contribution is 0.180. The van der Waals surface area contributed by atoms with Crippen LogP contribution in [0.4, 0.5) is 22.0 Å². The molecule has 0 saturated heterocycles. The molecule has 4 aromatic rings. The van der Waals surface area contributed by atoms with E-state index in [2.05, 4.69) is 15.3 Å². The molecule has 2 heterocycles. The molecule has 2 aromatic heterocycles. The molecule has 0 aliphatic carbocycles. The van der Waals surface area contributed by atoms with Crippen molar-refractivity contribution in [1.82, 2.24) is 15.0 Å². The number of benzene rings is 2. The highest BCUT2D eigenvalue weighted by Crippen LogP contribution is 2.28. The molecule has 0 radical (unpaired) electrons. The summed E-state index contributed by atoms with van der Waals surface area (Å²) in [6.45, 7) is 0. The molecular formula is C22H19N5O2. The first-order valence-electron chi connectivity index (χ1n) is 9.01. The van der Waals surface area contributed by atoms with Gasteiger partial charge in [0.2, 0.25) is 0 Å². The van der Waals surface area contributed by atoms with E-state index in [4.69, 9.17) is 9.72 Å². The molecule has 0 spiro atoms. The van der Waals surface area contributed by atoms with Crippen molar-refractivity contribution in [3.63, 3.8) is 0 Å². The van der Waals surface area contributed by atoms with Crippen molar-refractivity contribution >= 4 is 34.2 Å². The summed E-state index contributed by atoms with van der Waals surface area (Å²) in [4.78, 5) is 26.7. The van der Waals surface area contributed by atoms with Gasteiger partial charge in [0.05, 0.1) is 12.6 Å². The smallest absolute Gasteiger partial charge is 0.413 e. The lowest BCUT2D eigenvalue weighted by Crippen LogP contribution is -2.25. The number of hydrogen-bond donors (Lipinski definition) is 1. The summed E-state index contributed by atoms with van der Waals surface area (Å²) in [5, 5.41) is 4.27. The first kappa shape index (κ1) is 18.4. The lowest BCUT2D eigenvalue weighted by atomic mass is 10.2. The second-order valence-electron chi connectivity index (χ2n) is 6.36. The Kier molecular flexibility index (Phi) is 5.03. The number of hydrogen-bond acceptors (Lipinski definition) is 6. The average Bonchev–Trinajstić information content (AvgIpc) is 2.79. The van der Waals surface area contributed by atoms with Gasteiger partial charge in [-0.1, -0.05) is 12.1 Å². The van der Waals surface area contributed by atoms with Crippen LogP contribution in [-0.4, -0.2) is 35.2 Å². The summed E-state index contributed by atoms with van der Waals surface area (Å²) in [5.74, 6) is 1.30. The fourth-order valence-corrected chi connectivity index (χ4v) is 2.94. The fraction of sp³-hybridized carbons (Fsp3) is 0.0909. The Bertz CT molecular complexity index is 1150. The van der Waals surface area contributed by atoms with E-state index < -0.39 is 6.09 Å². The summed E-state index contributed by atoms with van der Waals surface area (Å²) < 4.78 is 4.75. The molecule has 0 bridgehead atoms. The molecule has 1 amide bonds. The van der Waals surface area contributed by atoms with Crippen LogP contribution in [0, 0.1) is 0 Å². The fourth-order valence-electron chi connectivity index (χ4n) is 2.94. The molecule has 7 heteroatoms. The third-order valence-electron chi connectivity index (χ3n) is 4.49. The lowest BCUT2D eigenvalue weighted by Gasteiger charge is -2.16. The zero-order chi connectivity index (χ0) is 20.2. The normalized spacial score (nSPS) is 10.6. The van der Waals surface area contributed by atoms with Crippen LogP contribution < -0.4 is 10.2 Å². The minimum atomic E-state index is -0.423. The van der Waals surface area contributed by atoms with Crippen LogP contribution in [0.25, 0.3) is 22.3 Å². The molecule has 0 saturated carbocycles. The number of carbonyl (C=O) groups excluding carboxylic acids is 1. The zero-order valence-corrected chi connectivity index (χ0v) is 16.0. The number of nitrogens with one attached hydrogen (secondary N) is 1. The van der Waals surface area contributed by atoms with Gasteiger partial charge in [0, 0.05) is 41.8 Å². The molecule has 0 fully saturated rings. The number of para-hydroxylation sites is 1. The molecule has 0 atom stereocenters. The number of carbonyl (C=O) groups is 1. The van der Waals surface area contributed by atoms with E-state index in [1.54, 1.807) is 19.4 Å². The highest BCUT2D eigenvalue weighted by molar-refractivity contribution is 5.92. The van der Waals surface area contributed by atoms with Gasteiger partial charge in [-0.15, -0.1) is 0 Å². The number of fused-ring (bicyclic) bond motifs is 1. The summed E-state index contributed by atoms with van der Waals surface area (Å²) >= 11 is 0.